The summed E-state index contributed by atoms with van der Waals surface area (Å²) < 4.78 is 0. The van der Waals surface area contributed by atoms with Gasteiger partial charge in [0.15, 0.2) is 5.78 Å². The monoisotopic (exact) mass is 182 g/mol. The molecule has 2 heteroatoms. The first kappa shape index (κ1) is 9.20. The normalized spacial score (nSPS) is 41.0. The summed E-state index contributed by atoms with van der Waals surface area (Å²) in [4.78, 5) is 11.3. The standard InChI is InChI=1S/C11H18O2/c12-10-5-3-8-1-2-9(7-8)4-6-11(10)13/h8-10,12H,1-7H2. The first-order valence-corrected chi connectivity index (χ1v) is 5.46. The molecule has 0 aromatic heterocycles. The Bertz CT molecular complexity index is 200. The van der Waals surface area contributed by atoms with Crippen molar-refractivity contribution in [3.63, 3.8) is 0 Å². The van der Waals surface area contributed by atoms with Crippen LogP contribution in [0.5, 0.6) is 0 Å². The molecule has 0 aromatic carbocycles. The molecule has 2 fully saturated rings. The molecule has 0 radical (unpaired) electrons. The topological polar surface area (TPSA) is 37.3 Å². The van der Waals surface area contributed by atoms with Crippen LogP contribution in [-0.4, -0.2) is 17.0 Å². The highest BCUT2D eigenvalue weighted by atomic mass is 16.3. The van der Waals surface area contributed by atoms with E-state index in [1.807, 2.05) is 0 Å². The molecule has 0 amide bonds. The van der Waals surface area contributed by atoms with Crippen LogP contribution in [0, 0.1) is 11.8 Å². The molecular formula is C11H18O2. The molecule has 2 aliphatic carbocycles. The summed E-state index contributed by atoms with van der Waals surface area (Å²) in [6, 6.07) is 0. The summed E-state index contributed by atoms with van der Waals surface area (Å²) in [6.07, 6.45) is 6.68. The van der Waals surface area contributed by atoms with Crippen molar-refractivity contribution in [2.24, 2.45) is 11.8 Å². The molecule has 3 unspecified atom stereocenters. The van der Waals surface area contributed by atoms with E-state index in [0.717, 1.165) is 24.7 Å². The van der Waals surface area contributed by atoms with E-state index in [-0.39, 0.29) is 5.78 Å². The van der Waals surface area contributed by atoms with Crippen LogP contribution >= 0.6 is 0 Å². The Labute approximate surface area is 79.3 Å². The maximum Gasteiger partial charge on any atom is 0.161 e. The van der Waals surface area contributed by atoms with Gasteiger partial charge >= 0.3 is 0 Å². The average molecular weight is 182 g/mol. The van der Waals surface area contributed by atoms with Crippen LogP contribution < -0.4 is 0 Å². The molecular weight excluding hydrogens is 164 g/mol. The minimum atomic E-state index is -0.653. The van der Waals surface area contributed by atoms with E-state index in [1.54, 1.807) is 0 Å². The zero-order valence-electron chi connectivity index (χ0n) is 8.04. The molecule has 0 aromatic rings. The Morgan fingerprint density at radius 3 is 2.38 bits per heavy atom. The van der Waals surface area contributed by atoms with E-state index in [4.69, 9.17) is 0 Å². The van der Waals surface area contributed by atoms with Crippen LogP contribution in [0.3, 0.4) is 0 Å². The number of fused-ring (bicyclic) bond motifs is 2. The maximum atomic E-state index is 11.3. The second-order valence-electron chi connectivity index (χ2n) is 4.64. The fourth-order valence-corrected chi connectivity index (χ4v) is 2.77. The molecule has 0 saturated heterocycles. The summed E-state index contributed by atoms with van der Waals surface area (Å²) >= 11 is 0. The van der Waals surface area contributed by atoms with Gasteiger partial charge in [-0.3, -0.25) is 4.79 Å². The van der Waals surface area contributed by atoms with Crippen molar-refractivity contribution in [1.82, 2.24) is 0 Å². The predicted molar refractivity (Wildman–Crippen MR) is 50.3 cm³/mol. The summed E-state index contributed by atoms with van der Waals surface area (Å²) in [6.45, 7) is 0. The van der Waals surface area contributed by atoms with E-state index in [2.05, 4.69) is 0 Å². The number of carbonyl (C=O) groups excluding carboxylic acids is 1. The third-order valence-corrected chi connectivity index (χ3v) is 3.67. The van der Waals surface area contributed by atoms with Crippen molar-refractivity contribution in [2.45, 2.75) is 51.0 Å². The highest BCUT2D eigenvalue weighted by Crippen LogP contribution is 2.37. The van der Waals surface area contributed by atoms with Gasteiger partial charge in [0.25, 0.3) is 0 Å². The van der Waals surface area contributed by atoms with Gasteiger partial charge in [-0.2, -0.15) is 0 Å². The predicted octanol–water partition coefficient (Wildman–Crippen LogP) is 1.91. The van der Waals surface area contributed by atoms with Crippen LogP contribution in [0.2, 0.25) is 0 Å². The Balaban J connectivity index is 1.98. The van der Waals surface area contributed by atoms with Crippen molar-refractivity contribution in [2.75, 3.05) is 0 Å². The van der Waals surface area contributed by atoms with Gasteiger partial charge in [-0.05, 0) is 37.5 Å². The molecule has 13 heavy (non-hydrogen) atoms. The van der Waals surface area contributed by atoms with Crippen molar-refractivity contribution in [1.29, 1.82) is 0 Å². The van der Waals surface area contributed by atoms with Crippen LogP contribution in [0.4, 0.5) is 0 Å². The van der Waals surface area contributed by atoms with Crippen LogP contribution in [0.25, 0.3) is 0 Å². The second-order valence-corrected chi connectivity index (χ2v) is 4.64. The lowest BCUT2D eigenvalue weighted by molar-refractivity contribution is -0.127. The molecule has 0 heterocycles. The molecule has 3 atom stereocenters. The average Bonchev–Trinajstić information content (AvgIpc) is 2.58. The number of hydrogen-bond acceptors (Lipinski definition) is 2. The maximum absolute atomic E-state index is 11.3. The van der Waals surface area contributed by atoms with Gasteiger partial charge in [0.05, 0.1) is 0 Å². The largest absolute Gasteiger partial charge is 0.385 e. The molecule has 1 N–H and O–H groups in total. The lowest BCUT2D eigenvalue weighted by atomic mass is 9.98. The number of aliphatic hydroxyl groups is 1. The quantitative estimate of drug-likeness (QED) is 0.621. The smallest absolute Gasteiger partial charge is 0.161 e. The first-order chi connectivity index (χ1) is 6.25. The lowest BCUT2D eigenvalue weighted by Gasteiger charge is -2.11. The van der Waals surface area contributed by atoms with Gasteiger partial charge in [0, 0.05) is 6.42 Å². The SMILES string of the molecule is O=C1CCC2CCC(CCC1O)C2. The molecule has 2 rings (SSSR count). The Hall–Kier alpha value is -0.370. The Morgan fingerprint density at radius 2 is 1.62 bits per heavy atom. The van der Waals surface area contributed by atoms with Crippen molar-refractivity contribution in [3.8, 4) is 0 Å². The molecule has 2 bridgehead atoms. The number of carbonyl (C=O) groups is 1. The number of aliphatic hydroxyl groups excluding tert-OH is 1. The van der Waals surface area contributed by atoms with E-state index >= 15 is 0 Å². The first-order valence-electron chi connectivity index (χ1n) is 5.46. The minimum absolute atomic E-state index is 0.0764. The fraction of sp³-hybridized carbons (Fsp3) is 0.909. The van der Waals surface area contributed by atoms with Gasteiger partial charge in [-0.15, -0.1) is 0 Å². The zero-order chi connectivity index (χ0) is 9.26. The van der Waals surface area contributed by atoms with Crippen LogP contribution in [-0.2, 0) is 4.79 Å². The third kappa shape index (κ3) is 2.11. The summed E-state index contributed by atoms with van der Waals surface area (Å²) in [5, 5.41) is 9.49. The zero-order valence-corrected chi connectivity index (χ0v) is 8.04. The molecule has 74 valence electrons. The minimum Gasteiger partial charge on any atom is -0.385 e. The van der Waals surface area contributed by atoms with E-state index in [0.29, 0.717) is 12.8 Å². The highest BCUT2D eigenvalue weighted by molar-refractivity contribution is 5.82. The second kappa shape index (κ2) is 3.79. The third-order valence-electron chi connectivity index (χ3n) is 3.67. The van der Waals surface area contributed by atoms with Crippen LogP contribution in [0.1, 0.15) is 44.9 Å². The van der Waals surface area contributed by atoms with E-state index in [1.165, 1.54) is 19.3 Å². The van der Waals surface area contributed by atoms with Crippen LogP contribution in [0.15, 0.2) is 0 Å². The van der Waals surface area contributed by atoms with Gasteiger partial charge in [0.1, 0.15) is 6.10 Å². The van der Waals surface area contributed by atoms with Gasteiger partial charge in [-0.1, -0.05) is 12.8 Å². The number of ketones is 1. The van der Waals surface area contributed by atoms with Gasteiger partial charge in [0.2, 0.25) is 0 Å². The molecule has 0 aliphatic heterocycles. The van der Waals surface area contributed by atoms with Gasteiger partial charge in [-0.25, -0.2) is 0 Å². The van der Waals surface area contributed by atoms with Crippen molar-refractivity contribution in [3.05, 3.63) is 0 Å². The molecule has 2 aliphatic rings. The van der Waals surface area contributed by atoms with Gasteiger partial charge < -0.3 is 5.11 Å². The van der Waals surface area contributed by atoms with Crippen molar-refractivity contribution >= 4 is 5.78 Å². The van der Waals surface area contributed by atoms with Crippen molar-refractivity contribution < 1.29 is 9.90 Å². The Morgan fingerprint density at radius 1 is 1.00 bits per heavy atom. The summed E-state index contributed by atoms with van der Waals surface area (Å²) in [5.41, 5.74) is 0. The summed E-state index contributed by atoms with van der Waals surface area (Å²) in [7, 11) is 0. The van der Waals surface area contributed by atoms with E-state index < -0.39 is 6.10 Å². The Kier molecular flexibility index (Phi) is 2.68. The number of Topliss-reactive ketones (excluding diaryl/α,β-unsaturated/α-hetero) is 1. The summed E-state index contributed by atoms with van der Waals surface area (Å²) in [5.74, 6) is 1.65. The molecule has 2 saturated carbocycles. The molecule has 2 nitrogen and oxygen atoms in total. The lowest BCUT2D eigenvalue weighted by Crippen LogP contribution is -2.20. The highest BCUT2D eigenvalue weighted by Gasteiger charge is 2.29. The number of hydrogen-bond donors (Lipinski definition) is 1. The fourth-order valence-electron chi connectivity index (χ4n) is 2.77. The molecule has 0 spiro atoms. The number of rotatable bonds is 0. The van der Waals surface area contributed by atoms with E-state index in [9.17, 15) is 9.90 Å².